The second-order valence-corrected chi connectivity index (χ2v) is 10.1. The van der Waals surface area contributed by atoms with Crippen molar-refractivity contribution in [3.8, 4) is 0 Å². The molecule has 0 radical (unpaired) electrons. The molecule has 11 heteroatoms. The summed E-state index contributed by atoms with van der Waals surface area (Å²) in [5.41, 5.74) is 2.68. The molecular formula is C23H27N5O5S. The number of rotatable bonds is 5. The molecule has 2 heterocycles. The predicted octanol–water partition coefficient (Wildman–Crippen LogP) is 1.66. The van der Waals surface area contributed by atoms with Gasteiger partial charge in [0.05, 0.1) is 4.90 Å². The number of aryl methyl sites for hydroxylation is 1. The molecule has 2 saturated heterocycles. The summed E-state index contributed by atoms with van der Waals surface area (Å²) < 4.78 is 22.7. The molecule has 4 N–H and O–H groups in total. The van der Waals surface area contributed by atoms with Gasteiger partial charge in [-0.25, -0.2) is 18.4 Å². The number of carbonyl (C=O) groups is 3. The molecule has 180 valence electrons. The minimum Gasteiger partial charge on any atom is -0.339 e. The molecule has 0 aliphatic carbocycles. The lowest BCUT2D eigenvalue weighted by Gasteiger charge is -2.31. The smallest absolute Gasteiger partial charge is 0.322 e. The highest BCUT2D eigenvalue weighted by atomic mass is 32.2. The number of sulfonamides is 1. The fourth-order valence-electron chi connectivity index (χ4n) is 4.29. The molecule has 2 aromatic carbocycles. The van der Waals surface area contributed by atoms with Gasteiger partial charge in [0.25, 0.3) is 5.91 Å². The molecule has 0 bridgehead atoms. The van der Waals surface area contributed by atoms with Gasteiger partial charge in [-0.3, -0.25) is 14.5 Å². The van der Waals surface area contributed by atoms with Crippen LogP contribution in [-0.2, 0) is 14.8 Å². The fourth-order valence-corrected chi connectivity index (χ4v) is 4.81. The van der Waals surface area contributed by atoms with Gasteiger partial charge in [-0.05, 0) is 67.8 Å². The fraction of sp³-hybridized carbons (Fsp3) is 0.348. The molecule has 4 rings (SSSR count). The summed E-state index contributed by atoms with van der Waals surface area (Å²) in [4.78, 5) is 40.9. The number of benzene rings is 2. The Balaban J connectivity index is 1.33. The van der Waals surface area contributed by atoms with Gasteiger partial charge in [0.1, 0.15) is 0 Å². The summed E-state index contributed by atoms with van der Waals surface area (Å²) in [5, 5.41) is 10.7. The molecular weight excluding hydrogens is 458 g/mol. The van der Waals surface area contributed by atoms with E-state index in [1.54, 1.807) is 28.0 Å². The van der Waals surface area contributed by atoms with E-state index >= 15 is 0 Å². The minimum absolute atomic E-state index is 0.0238. The van der Waals surface area contributed by atoms with Crippen molar-refractivity contribution in [1.82, 2.24) is 10.2 Å². The second-order valence-electron chi connectivity index (χ2n) is 8.51. The third kappa shape index (κ3) is 5.05. The van der Waals surface area contributed by atoms with E-state index in [1.807, 2.05) is 6.92 Å². The number of carbonyl (C=O) groups excluding carboxylic acids is 3. The first-order valence-electron chi connectivity index (χ1n) is 11.0. The van der Waals surface area contributed by atoms with Gasteiger partial charge in [0.2, 0.25) is 15.9 Å². The van der Waals surface area contributed by atoms with E-state index < -0.39 is 10.0 Å². The number of nitrogens with zero attached hydrogens (tertiary/aromatic N) is 2. The molecule has 2 fully saturated rings. The molecule has 0 saturated carbocycles. The number of hydrogen-bond donors (Lipinski definition) is 3. The Morgan fingerprint density at radius 1 is 1.06 bits per heavy atom. The first kappa shape index (κ1) is 23.7. The number of urea groups is 1. The summed E-state index contributed by atoms with van der Waals surface area (Å²) in [6.07, 6.45) is 1.05. The van der Waals surface area contributed by atoms with Crippen LogP contribution in [0.5, 0.6) is 0 Å². The van der Waals surface area contributed by atoms with Crippen molar-refractivity contribution in [1.29, 1.82) is 0 Å². The van der Waals surface area contributed by atoms with Gasteiger partial charge < -0.3 is 15.5 Å². The van der Waals surface area contributed by atoms with E-state index in [4.69, 9.17) is 5.14 Å². The van der Waals surface area contributed by atoms with Crippen LogP contribution in [0.4, 0.5) is 16.2 Å². The third-order valence-corrected chi connectivity index (χ3v) is 7.12. The lowest BCUT2D eigenvalue weighted by atomic mass is 9.95. The standard InChI is InChI=1S/C23H27N5O5S/c1-15-14-17(2-7-20(15)28-13-10-25-23(28)31)22(30)27-11-8-16(9-12-27)21(29)26-18-3-5-19(6-4-18)34(24,32)33/h2-7,14,16H,8-13H2,1H3,(H,25,31)(H,26,29)(H2,24,32,33). The number of nitrogens with two attached hydrogens (primary N) is 1. The summed E-state index contributed by atoms with van der Waals surface area (Å²) in [7, 11) is -3.79. The molecule has 0 atom stereocenters. The van der Waals surface area contributed by atoms with Crippen molar-refractivity contribution in [2.45, 2.75) is 24.7 Å². The largest absolute Gasteiger partial charge is 0.339 e. The van der Waals surface area contributed by atoms with Crippen LogP contribution in [-0.4, -0.2) is 57.3 Å². The van der Waals surface area contributed by atoms with Gasteiger partial charge in [-0.2, -0.15) is 0 Å². The first-order valence-corrected chi connectivity index (χ1v) is 12.6. The number of likely N-dealkylation sites (tertiary alicyclic amines) is 1. The van der Waals surface area contributed by atoms with E-state index in [2.05, 4.69) is 10.6 Å². The van der Waals surface area contributed by atoms with Crippen LogP contribution >= 0.6 is 0 Å². The van der Waals surface area contributed by atoms with Gasteiger partial charge in [-0.1, -0.05) is 0 Å². The summed E-state index contributed by atoms with van der Waals surface area (Å²) in [6.45, 7) is 3.98. The van der Waals surface area contributed by atoms with Crippen LogP contribution in [0.1, 0.15) is 28.8 Å². The van der Waals surface area contributed by atoms with Crippen LogP contribution in [0.2, 0.25) is 0 Å². The lowest BCUT2D eigenvalue weighted by molar-refractivity contribution is -0.121. The first-order chi connectivity index (χ1) is 16.1. The van der Waals surface area contributed by atoms with Gasteiger partial charge in [0.15, 0.2) is 0 Å². The average molecular weight is 486 g/mol. The monoisotopic (exact) mass is 485 g/mol. The van der Waals surface area contributed by atoms with E-state index in [9.17, 15) is 22.8 Å². The maximum atomic E-state index is 13.0. The quantitative estimate of drug-likeness (QED) is 0.591. The molecule has 34 heavy (non-hydrogen) atoms. The number of piperidine rings is 1. The van der Waals surface area contributed by atoms with Crippen molar-refractivity contribution in [2.75, 3.05) is 36.4 Å². The second kappa shape index (κ2) is 9.43. The minimum atomic E-state index is -3.79. The van der Waals surface area contributed by atoms with Crippen molar-refractivity contribution >= 4 is 39.2 Å². The Morgan fingerprint density at radius 3 is 2.29 bits per heavy atom. The van der Waals surface area contributed by atoms with Crippen LogP contribution in [0.3, 0.4) is 0 Å². The van der Waals surface area contributed by atoms with Crippen molar-refractivity contribution in [3.05, 3.63) is 53.6 Å². The predicted molar refractivity (Wildman–Crippen MR) is 127 cm³/mol. The Labute approximate surface area is 198 Å². The Kier molecular flexibility index (Phi) is 6.58. The van der Waals surface area contributed by atoms with Crippen molar-refractivity contribution in [2.24, 2.45) is 11.1 Å². The molecule has 10 nitrogen and oxygen atoms in total. The molecule has 2 aliphatic rings. The van der Waals surface area contributed by atoms with Gasteiger partial charge in [0, 0.05) is 49.0 Å². The zero-order valence-electron chi connectivity index (χ0n) is 18.8. The molecule has 2 aliphatic heterocycles. The summed E-state index contributed by atoms with van der Waals surface area (Å²) >= 11 is 0. The van der Waals surface area contributed by atoms with E-state index in [0.29, 0.717) is 50.3 Å². The third-order valence-electron chi connectivity index (χ3n) is 6.19. The molecule has 0 unspecified atom stereocenters. The van der Waals surface area contributed by atoms with Gasteiger partial charge in [-0.15, -0.1) is 0 Å². The number of nitrogens with one attached hydrogen (secondary N) is 2. The Hall–Kier alpha value is -3.44. The van der Waals surface area contributed by atoms with E-state index in [1.165, 1.54) is 24.3 Å². The topological polar surface area (TPSA) is 142 Å². The molecule has 4 amide bonds. The number of anilines is 2. The van der Waals surface area contributed by atoms with Crippen LogP contribution in [0.25, 0.3) is 0 Å². The summed E-state index contributed by atoms with van der Waals surface area (Å²) in [6, 6.07) is 10.9. The highest BCUT2D eigenvalue weighted by molar-refractivity contribution is 7.89. The Morgan fingerprint density at radius 2 is 1.74 bits per heavy atom. The zero-order chi connectivity index (χ0) is 24.5. The van der Waals surface area contributed by atoms with Crippen molar-refractivity contribution < 1.29 is 22.8 Å². The highest BCUT2D eigenvalue weighted by Crippen LogP contribution is 2.25. The van der Waals surface area contributed by atoms with Crippen molar-refractivity contribution in [3.63, 3.8) is 0 Å². The zero-order valence-corrected chi connectivity index (χ0v) is 19.6. The number of hydrogen-bond acceptors (Lipinski definition) is 5. The molecule has 2 aromatic rings. The molecule has 0 spiro atoms. The molecule has 0 aromatic heterocycles. The number of primary sulfonamides is 1. The Bertz CT molecular complexity index is 1220. The van der Waals surface area contributed by atoms with Gasteiger partial charge >= 0.3 is 6.03 Å². The maximum Gasteiger partial charge on any atom is 0.322 e. The van der Waals surface area contributed by atoms with Crippen LogP contribution < -0.4 is 20.7 Å². The van der Waals surface area contributed by atoms with Crippen LogP contribution in [0.15, 0.2) is 47.4 Å². The van der Waals surface area contributed by atoms with Crippen LogP contribution in [0, 0.1) is 12.8 Å². The van der Waals surface area contributed by atoms with E-state index in [0.717, 1.165) is 11.3 Å². The number of amides is 4. The average Bonchev–Trinajstić information content (AvgIpc) is 3.24. The normalized spacial score (nSPS) is 16.9. The lowest BCUT2D eigenvalue weighted by Crippen LogP contribution is -2.41. The summed E-state index contributed by atoms with van der Waals surface area (Å²) in [5.74, 6) is -0.516. The highest BCUT2D eigenvalue weighted by Gasteiger charge is 2.29. The maximum absolute atomic E-state index is 13.0. The SMILES string of the molecule is Cc1cc(C(=O)N2CCC(C(=O)Nc3ccc(S(N)(=O)=O)cc3)CC2)ccc1N1CCNC1=O. The van der Waals surface area contributed by atoms with E-state index in [-0.39, 0.29) is 28.7 Å².